The molecule has 0 atom stereocenters. The zero-order chi connectivity index (χ0) is 18.2. The molecule has 144 valence electrons. The van der Waals surface area contributed by atoms with E-state index >= 15 is 0 Å². The van der Waals surface area contributed by atoms with Crippen LogP contribution in [0.15, 0.2) is 36.4 Å². The molecule has 1 aromatic carbocycles. The molecular formula is C25H37F. The summed E-state index contributed by atoms with van der Waals surface area (Å²) in [6.45, 7) is 2.32. The maximum atomic E-state index is 13.1. The maximum absolute atomic E-state index is 13.1. The topological polar surface area (TPSA) is 0 Å². The first-order chi connectivity index (χ1) is 12.7. The number of hydrogen-bond acceptors (Lipinski definition) is 0. The van der Waals surface area contributed by atoms with E-state index in [0.717, 1.165) is 17.8 Å². The van der Waals surface area contributed by atoms with Crippen molar-refractivity contribution in [3.8, 4) is 0 Å². The van der Waals surface area contributed by atoms with Crippen molar-refractivity contribution in [1.29, 1.82) is 0 Å². The van der Waals surface area contributed by atoms with Crippen LogP contribution < -0.4 is 0 Å². The van der Waals surface area contributed by atoms with Crippen molar-refractivity contribution in [2.75, 3.05) is 0 Å². The van der Waals surface area contributed by atoms with E-state index < -0.39 is 0 Å². The van der Waals surface area contributed by atoms with Gasteiger partial charge in [-0.05, 0) is 79.9 Å². The van der Waals surface area contributed by atoms with E-state index in [1.807, 2.05) is 12.1 Å². The summed E-state index contributed by atoms with van der Waals surface area (Å²) in [6.07, 6.45) is 21.5. The van der Waals surface area contributed by atoms with Gasteiger partial charge in [0.25, 0.3) is 0 Å². The maximum Gasteiger partial charge on any atom is 0.123 e. The molecule has 0 nitrogen and oxygen atoms in total. The fourth-order valence-corrected chi connectivity index (χ4v) is 5.22. The molecule has 0 radical (unpaired) electrons. The van der Waals surface area contributed by atoms with Crippen LogP contribution in [0.2, 0.25) is 0 Å². The van der Waals surface area contributed by atoms with Crippen LogP contribution in [0.1, 0.15) is 95.5 Å². The minimum absolute atomic E-state index is 0.121. The van der Waals surface area contributed by atoms with Gasteiger partial charge in [-0.3, -0.25) is 0 Å². The SMILES string of the molecule is CCCC1CCC(CC/C=C/C2CCC(c3ccc(F)cc3)CC2)CC1. The Bertz CT molecular complexity index is 528. The van der Waals surface area contributed by atoms with Gasteiger partial charge in [0.2, 0.25) is 0 Å². The lowest BCUT2D eigenvalue weighted by molar-refractivity contribution is 0.253. The molecule has 0 heterocycles. The van der Waals surface area contributed by atoms with Crippen LogP contribution in [0, 0.1) is 23.6 Å². The summed E-state index contributed by atoms with van der Waals surface area (Å²) in [4.78, 5) is 0. The van der Waals surface area contributed by atoms with E-state index in [0.29, 0.717) is 5.92 Å². The number of hydrogen-bond donors (Lipinski definition) is 0. The summed E-state index contributed by atoms with van der Waals surface area (Å²) in [5, 5.41) is 0. The molecule has 0 aliphatic heterocycles. The Morgan fingerprint density at radius 1 is 0.846 bits per heavy atom. The molecule has 1 aromatic rings. The molecular weight excluding hydrogens is 319 g/mol. The second-order valence-corrected chi connectivity index (χ2v) is 8.84. The molecule has 0 N–H and O–H groups in total. The predicted molar refractivity (Wildman–Crippen MR) is 110 cm³/mol. The molecule has 0 saturated heterocycles. The molecule has 0 bridgehead atoms. The van der Waals surface area contributed by atoms with E-state index in [1.165, 1.54) is 82.6 Å². The summed E-state index contributed by atoms with van der Waals surface area (Å²) in [6, 6.07) is 7.17. The van der Waals surface area contributed by atoms with E-state index in [4.69, 9.17) is 0 Å². The molecule has 26 heavy (non-hydrogen) atoms. The second kappa shape index (κ2) is 10.3. The van der Waals surface area contributed by atoms with Crippen molar-refractivity contribution in [2.45, 2.75) is 89.9 Å². The van der Waals surface area contributed by atoms with Crippen molar-refractivity contribution in [1.82, 2.24) is 0 Å². The van der Waals surface area contributed by atoms with Crippen LogP contribution in [0.5, 0.6) is 0 Å². The van der Waals surface area contributed by atoms with Gasteiger partial charge in [0.1, 0.15) is 5.82 Å². The zero-order valence-electron chi connectivity index (χ0n) is 16.6. The number of rotatable bonds is 7. The highest BCUT2D eigenvalue weighted by atomic mass is 19.1. The Morgan fingerprint density at radius 3 is 2.08 bits per heavy atom. The normalized spacial score (nSPS) is 29.9. The van der Waals surface area contributed by atoms with Crippen LogP contribution in [0.4, 0.5) is 4.39 Å². The van der Waals surface area contributed by atoms with Gasteiger partial charge in [-0.25, -0.2) is 4.39 Å². The molecule has 2 aliphatic rings. The molecule has 2 saturated carbocycles. The monoisotopic (exact) mass is 356 g/mol. The average molecular weight is 357 g/mol. The van der Waals surface area contributed by atoms with Crippen LogP contribution in [0.3, 0.4) is 0 Å². The number of halogens is 1. The highest BCUT2D eigenvalue weighted by molar-refractivity contribution is 5.21. The summed E-state index contributed by atoms with van der Waals surface area (Å²) in [5.74, 6) is 3.31. The van der Waals surface area contributed by atoms with Crippen molar-refractivity contribution in [3.05, 3.63) is 47.8 Å². The van der Waals surface area contributed by atoms with Gasteiger partial charge >= 0.3 is 0 Å². The van der Waals surface area contributed by atoms with Gasteiger partial charge in [0, 0.05) is 0 Å². The third kappa shape index (κ3) is 5.96. The van der Waals surface area contributed by atoms with Gasteiger partial charge in [0.05, 0.1) is 0 Å². The molecule has 0 amide bonds. The minimum atomic E-state index is -0.121. The minimum Gasteiger partial charge on any atom is -0.207 e. The molecule has 2 fully saturated rings. The number of allylic oxidation sites excluding steroid dienone is 2. The Balaban J connectivity index is 1.31. The highest BCUT2D eigenvalue weighted by Gasteiger charge is 2.21. The molecule has 2 aliphatic carbocycles. The molecule has 0 aromatic heterocycles. The van der Waals surface area contributed by atoms with Crippen molar-refractivity contribution >= 4 is 0 Å². The predicted octanol–water partition coefficient (Wildman–Crippen LogP) is 8.04. The van der Waals surface area contributed by atoms with Gasteiger partial charge in [-0.2, -0.15) is 0 Å². The van der Waals surface area contributed by atoms with Crippen LogP contribution in [-0.2, 0) is 0 Å². The molecule has 3 rings (SSSR count). The van der Waals surface area contributed by atoms with Gasteiger partial charge in [-0.15, -0.1) is 0 Å². The van der Waals surface area contributed by atoms with Crippen molar-refractivity contribution in [2.24, 2.45) is 17.8 Å². The first-order valence-corrected chi connectivity index (χ1v) is 11.2. The summed E-state index contributed by atoms with van der Waals surface area (Å²) in [7, 11) is 0. The number of benzene rings is 1. The fraction of sp³-hybridized carbons (Fsp3) is 0.680. The van der Waals surface area contributed by atoms with Gasteiger partial charge in [0.15, 0.2) is 0 Å². The van der Waals surface area contributed by atoms with E-state index in [9.17, 15) is 4.39 Å². The van der Waals surface area contributed by atoms with Crippen molar-refractivity contribution < 1.29 is 4.39 Å². The highest BCUT2D eigenvalue weighted by Crippen LogP contribution is 2.37. The van der Waals surface area contributed by atoms with Gasteiger partial charge < -0.3 is 0 Å². The lowest BCUT2D eigenvalue weighted by atomic mass is 9.77. The summed E-state index contributed by atoms with van der Waals surface area (Å²) in [5.41, 5.74) is 1.33. The third-order valence-electron chi connectivity index (χ3n) is 6.93. The Morgan fingerprint density at radius 2 is 1.46 bits per heavy atom. The van der Waals surface area contributed by atoms with E-state index in [2.05, 4.69) is 19.1 Å². The summed E-state index contributed by atoms with van der Waals surface area (Å²) >= 11 is 0. The fourth-order valence-electron chi connectivity index (χ4n) is 5.22. The zero-order valence-corrected chi connectivity index (χ0v) is 16.6. The quantitative estimate of drug-likeness (QED) is 0.434. The smallest absolute Gasteiger partial charge is 0.123 e. The standard InChI is InChI=1S/C25H37F/c1-2-5-20-8-10-21(11-9-20)6-3-4-7-22-12-14-23(15-13-22)24-16-18-25(26)19-17-24/h4,7,16-23H,2-3,5-6,8-15H2,1H3/b7-4+. The average Bonchev–Trinajstić information content (AvgIpc) is 2.68. The van der Waals surface area contributed by atoms with Crippen LogP contribution in [0.25, 0.3) is 0 Å². The Hall–Kier alpha value is -1.11. The van der Waals surface area contributed by atoms with E-state index in [1.54, 1.807) is 12.1 Å². The van der Waals surface area contributed by atoms with Crippen LogP contribution >= 0.6 is 0 Å². The molecule has 1 heteroatoms. The van der Waals surface area contributed by atoms with Gasteiger partial charge in [-0.1, -0.05) is 69.7 Å². The van der Waals surface area contributed by atoms with Crippen molar-refractivity contribution in [3.63, 3.8) is 0 Å². The lowest BCUT2D eigenvalue weighted by Crippen LogP contribution is -2.14. The first kappa shape index (κ1) is 19.6. The lowest BCUT2D eigenvalue weighted by Gasteiger charge is -2.28. The molecule has 0 unspecified atom stereocenters. The van der Waals surface area contributed by atoms with E-state index in [-0.39, 0.29) is 5.82 Å². The third-order valence-corrected chi connectivity index (χ3v) is 6.93. The second-order valence-electron chi connectivity index (χ2n) is 8.84. The largest absolute Gasteiger partial charge is 0.207 e. The van der Waals surface area contributed by atoms with Crippen LogP contribution in [-0.4, -0.2) is 0 Å². The Labute approximate surface area is 160 Å². The molecule has 0 spiro atoms. The summed E-state index contributed by atoms with van der Waals surface area (Å²) < 4.78 is 13.1. The Kier molecular flexibility index (Phi) is 7.77. The first-order valence-electron chi connectivity index (χ1n) is 11.2.